The molecule has 0 spiro atoms. The van der Waals surface area contributed by atoms with Crippen molar-refractivity contribution in [2.24, 2.45) is 5.73 Å². The molecule has 0 aliphatic carbocycles. The van der Waals surface area contributed by atoms with E-state index >= 15 is 0 Å². The number of nitrogens with one attached hydrogen (secondary N) is 1. The van der Waals surface area contributed by atoms with Crippen LogP contribution in [0.1, 0.15) is 32.1 Å². The molecule has 0 radical (unpaired) electrons. The molecule has 2 aromatic carbocycles. The summed E-state index contributed by atoms with van der Waals surface area (Å²) in [6.07, 6.45) is 1.65. The first-order valence-corrected chi connectivity index (χ1v) is 13.0. The van der Waals surface area contributed by atoms with Gasteiger partial charge in [-0.05, 0) is 54.4 Å². The fourth-order valence-corrected chi connectivity index (χ4v) is 6.57. The summed E-state index contributed by atoms with van der Waals surface area (Å²) in [5.74, 6) is -1.61. The van der Waals surface area contributed by atoms with Crippen LogP contribution in [0.25, 0.3) is 10.9 Å². The van der Waals surface area contributed by atoms with Crippen LogP contribution in [0, 0.1) is 6.92 Å². The molecule has 4 rings (SSSR count). The number of halogens is 3. The molecule has 0 bridgehead atoms. The lowest BCUT2D eigenvalue weighted by Gasteiger charge is -2.18. The van der Waals surface area contributed by atoms with Gasteiger partial charge in [-0.2, -0.15) is 0 Å². The summed E-state index contributed by atoms with van der Waals surface area (Å²) in [6.45, 7) is 1.52. The van der Waals surface area contributed by atoms with Crippen molar-refractivity contribution in [1.82, 2.24) is 14.9 Å². The summed E-state index contributed by atoms with van der Waals surface area (Å²) in [7, 11) is -2.79. The molecule has 36 heavy (non-hydrogen) atoms. The lowest BCUT2D eigenvalue weighted by molar-refractivity contribution is 0.0779. The minimum absolute atomic E-state index is 0.0329. The number of H-pyrrole nitrogens is 1. The fourth-order valence-electron chi connectivity index (χ4n) is 3.90. The Morgan fingerprint density at radius 1 is 1.06 bits per heavy atom. The fraction of sp³-hybridized carbons (Fsp3) is 0.125. The predicted octanol–water partition coefficient (Wildman–Crippen LogP) is 5.04. The van der Waals surface area contributed by atoms with E-state index in [1.165, 1.54) is 37.1 Å². The number of sulfone groups is 1. The van der Waals surface area contributed by atoms with Crippen LogP contribution in [0.2, 0.25) is 15.1 Å². The monoisotopic (exact) mass is 564 g/mol. The van der Waals surface area contributed by atoms with E-state index in [1.54, 1.807) is 24.4 Å². The Morgan fingerprint density at radius 2 is 1.72 bits per heavy atom. The number of carbonyl (C=O) groups excluding carboxylic acids is 2. The predicted molar refractivity (Wildman–Crippen MR) is 139 cm³/mol. The second-order valence-electron chi connectivity index (χ2n) is 8.07. The highest BCUT2D eigenvalue weighted by atomic mass is 35.5. The van der Waals surface area contributed by atoms with E-state index in [9.17, 15) is 18.0 Å². The van der Waals surface area contributed by atoms with Gasteiger partial charge in [0.15, 0.2) is 0 Å². The number of primary amides is 1. The van der Waals surface area contributed by atoms with Crippen LogP contribution in [0.15, 0.2) is 58.5 Å². The van der Waals surface area contributed by atoms with Crippen molar-refractivity contribution in [1.29, 1.82) is 0 Å². The SMILES string of the molecule is Cc1c(C(=O)N(C)Cc2ccc3ncccc3c2Cl)[nH]c(C(N)=O)c1S(=O)(=O)c1cc(Cl)cc(Cl)c1. The molecule has 0 aliphatic rings. The highest BCUT2D eigenvalue weighted by Crippen LogP contribution is 2.33. The Kier molecular flexibility index (Phi) is 7.03. The van der Waals surface area contributed by atoms with E-state index in [0.717, 1.165) is 5.39 Å². The van der Waals surface area contributed by atoms with Crippen molar-refractivity contribution in [3.8, 4) is 0 Å². The Labute approximate surface area is 221 Å². The topological polar surface area (TPSA) is 126 Å². The van der Waals surface area contributed by atoms with Crippen molar-refractivity contribution < 1.29 is 18.0 Å². The van der Waals surface area contributed by atoms with Crippen LogP contribution >= 0.6 is 34.8 Å². The minimum atomic E-state index is -4.32. The Morgan fingerprint density at radius 3 is 2.36 bits per heavy atom. The Balaban J connectivity index is 1.75. The molecule has 12 heteroatoms. The van der Waals surface area contributed by atoms with Gasteiger partial charge in [-0.25, -0.2) is 8.42 Å². The average Bonchev–Trinajstić information content (AvgIpc) is 3.18. The van der Waals surface area contributed by atoms with Gasteiger partial charge in [0.1, 0.15) is 16.3 Å². The molecule has 0 saturated carbocycles. The second-order valence-corrected chi connectivity index (χ2v) is 11.2. The summed E-state index contributed by atoms with van der Waals surface area (Å²) in [5, 5.41) is 1.36. The van der Waals surface area contributed by atoms with Crippen molar-refractivity contribution in [3.63, 3.8) is 0 Å². The normalized spacial score (nSPS) is 11.6. The van der Waals surface area contributed by atoms with Crippen LogP contribution in [0.3, 0.4) is 0 Å². The Hall–Kier alpha value is -3.11. The second kappa shape index (κ2) is 9.74. The molecule has 0 aliphatic heterocycles. The number of nitrogens with two attached hydrogens (primary N) is 1. The summed E-state index contributed by atoms with van der Waals surface area (Å²) in [6, 6.07) is 10.9. The van der Waals surface area contributed by atoms with E-state index in [4.69, 9.17) is 40.5 Å². The van der Waals surface area contributed by atoms with E-state index in [1.807, 2.05) is 6.07 Å². The number of benzene rings is 2. The van der Waals surface area contributed by atoms with Gasteiger partial charge in [0.05, 0.1) is 15.4 Å². The van der Waals surface area contributed by atoms with Crippen LogP contribution in [-0.2, 0) is 16.4 Å². The molecular weight excluding hydrogens is 547 g/mol. The molecule has 0 saturated heterocycles. The number of aromatic nitrogens is 2. The van der Waals surface area contributed by atoms with E-state index in [0.29, 0.717) is 16.1 Å². The van der Waals surface area contributed by atoms with Gasteiger partial charge in [0.2, 0.25) is 9.84 Å². The number of carbonyl (C=O) groups is 2. The third-order valence-corrected chi connectivity index (χ3v) is 8.41. The number of amides is 2. The van der Waals surface area contributed by atoms with Crippen molar-refractivity contribution >= 4 is 67.4 Å². The van der Waals surface area contributed by atoms with Crippen LogP contribution in [0.4, 0.5) is 0 Å². The van der Waals surface area contributed by atoms with E-state index in [2.05, 4.69) is 9.97 Å². The van der Waals surface area contributed by atoms with E-state index in [-0.39, 0.29) is 32.7 Å². The maximum Gasteiger partial charge on any atom is 0.270 e. The number of fused-ring (bicyclic) bond motifs is 1. The number of aromatic amines is 1. The number of nitrogens with zero attached hydrogens (tertiary/aromatic N) is 2. The number of hydrogen-bond acceptors (Lipinski definition) is 5. The molecule has 2 amide bonds. The summed E-state index contributed by atoms with van der Waals surface area (Å²) < 4.78 is 26.9. The van der Waals surface area contributed by atoms with Gasteiger partial charge in [0, 0.05) is 35.2 Å². The molecule has 0 fully saturated rings. The minimum Gasteiger partial charge on any atom is -0.364 e. The first-order chi connectivity index (χ1) is 16.9. The maximum atomic E-state index is 13.5. The molecule has 186 valence electrons. The van der Waals surface area contributed by atoms with Crippen LogP contribution < -0.4 is 5.73 Å². The van der Waals surface area contributed by atoms with Crippen molar-refractivity contribution in [3.05, 3.63) is 86.2 Å². The zero-order valence-electron chi connectivity index (χ0n) is 19.0. The number of hydrogen-bond donors (Lipinski definition) is 2. The zero-order valence-corrected chi connectivity index (χ0v) is 22.1. The summed E-state index contributed by atoms with van der Waals surface area (Å²) in [4.78, 5) is 33.1. The number of pyridine rings is 1. The smallest absolute Gasteiger partial charge is 0.270 e. The zero-order chi connectivity index (χ0) is 26.4. The van der Waals surface area contributed by atoms with Gasteiger partial charge in [-0.1, -0.05) is 40.9 Å². The van der Waals surface area contributed by atoms with Gasteiger partial charge in [-0.3, -0.25) is 14.6 Å². The number of rotatable bonds is 6. The molecule has 2 heterocycles. The largest absolute Gasteiger partial charge is 0.364 e. The molecule has 0 unspecified atom stereocenters. The van der Waals surface area contributed by atoms with Crippen molar-refractivity contribution in [2.75, 3.05) is 7.05 Å². The Bertz CT molecular complexity index is 1630. The van der Waals surface area contributed by atoms with E-state index < -0.39 is 32.2 Å². The highest BCUT2D eigenvalue weighted by molar-refractivity contribution is 7.91. The maximum absolute atomic E-state index is 13.5. The molecular formula is C24H19Cl3N4O4S. The molecule has 2 aromatic heterocycles. The van der Waals surface area contributed by atoms with Crippen molar-refractivity contribution in [2.45, 2.75) is 23.3 Å². The van der Waals surface area contributed by atoms with Gasteiger partial charge < -0.3 is 15.6 Å². The standard InChI is InChI=1S/C24H19Cl3N4O4S/c1-12-20(24(33)31(2)11-13-5-6-18-17(19(13)27)4-3-7-29-18)30-21(23(28)32)22(12)36(34,35)16-9-14(25)8-15(26)10-16/h3-10,30H,11H2,1-2H3,(H2,28,32). The highest BCUT2D eigenvalue weighted by Gasteiger charge is 2.33. The average molecular weight is 566 g/mol. The van der Waals surface area contributed by atoms with Crippen LogP contribution in [0.5, 0.6) is 0 Å². The summed E-state index contributed by atoms with van der Waals surface area (Å²) in [5.41, 5.74) is 6.35. The lowest BCUT2D eigenvalue weighted by atomic mass is 10.1. The third kappa shape index (κ3) is 4.67. The third-order valence-electron chi connectivity index (χ3n) is 5.62. The molecule has 0 atom stereocenters. The first kappa shape index (κ1) is 26.0. The van der Waals surface area contributed by atoms with Gasteiger partial charge in [-0.15, -0.1) is 0 Å². The molecule has 3 N–H and O–H groups in total. The summed E-state index contributed by atoms with van der Waals surface area (Å²) >= 11 is 18.5. The molecule has 4 aromatic rings. The van der Waals surface area contributed by atoms with Gasteiger partial charge in [0.25, 0.3) is 11.8 Å². The van der Waals surface area contributed by atoms with Gasteiger partial charge >= 0.3 is 0 Å². The lowest BCUT2D eigenvalue weighted by Crippen LogP contribution is -2.27. The molecule has 8 nitrogen and oxygen atoms in total. The van der Waals surface area contributed by atoms with Crippen LogP contribution in [-0.4, -0.2) is 42.1 Å². The quantitative estimate of drug-likeness (QED) is 0.339. The first-order valence-electron chi connectivity index (χ1n) is 10.4.